The van der Waals surface area contributed by atoms with Crippen molar-refractivity contribution in [3.05, 3.63) is 22.2 Å². The molecule has 0 amide bonds. The van der Waals surface area contributed by atoms with Gasteiger partial charge in [-0.05, 0) is 30.5 Å². The first-order valence-corrected chi connectivity index (χ1v) is 7.46. The molecule has 0 bridgehead atoms. The average molecular weight is 328 g/mol. The fourth-order valence-corrected chi connectivity index (χ4v) is 3.28. The van der Waals surface area contributed by atoms with Crippen LogP contribution < -0.4 is 14.8 Å². The Kier molecular flexibility index (Phi) is 3.69. The normalized spacial score (nSPS) is 19.9. The largest absolute Gasteiger partial charge is 0.454 e. The second-order valence-electron chi connectivity index (χ2n) is 5.30. The van der Waals surface area contributed by atoms with Crippen LogP contribution in [-0.4, -0.2) is 24.0 Å². The van der Waals surface area contributed by atoms with E-state index in [4.69, 9.17) is 9.47 Å². The Morgan fingerprint density at radius 3 is 2.58 bits per heavy atom. The molecule has 1 aliphatic heterocycles. The van der Waals surface area contributed by atoms with Gasteiger partial charge in [0.25, 0.3) is 0 Å². The SMILES string of the molecule is OCC1(NCc2cc3c(cc2Br)OCO3)CCCC1. The van der Waals surface area contributed by atoms with Crippen molar-refractivity contribution in [3.8, 4) is 11.5 Å². The lowest BCUT2D eigenvalue weighted by Gasteiger charge is -2.28. The van der Waals surface area contributed by atoms with E-state index in [9.17, 15) is 5.11 Å². The van der Waals surface area contributed by atoms with Gasteiger partial charge in [-0.1, -0.05) is 28.8 Å². The van der Waals surface area contributed by atoms with Crippen molar-refractivity contribution in [2.24, 2.45) is 0 Å². The molecule has 0 radical (unpaired) electrons. The van der Waals surface area contributed by atoms with E-state index in [1.807, 2.05) is 12.1 Å². The average Bonchev–Trinajstić information content (AvgIpc) is 3.05. The van der Waals surface area contributed by atoms with Crippen LogP contribution in [0, 0.1) is 0 Å². The van der Waals surface area contributed by atoms with Gasteiger partial charge >= 0.3 is 0 Å². The molecule has 104 valence electrons. The van der Waals surface area contributed by atoms with Gasteiger partial charge in [-0.3, -0.25) is 0 Å². The van der Waals surface area contributed by atoms with Crippen LogP contribution in [0.3, 0.4) is 0 Å². The minimum absolute atomic E-state index is 0.101. The van der Waals surface area contributed by atoms with Crippen LogP contribution in [0.5, 0.6) is 11.5 Å². The highest BCUT2D eigenvalue weighted by Crippen LogP contribution is 2.37. The molecule has 0 spiro atoms. The number of hydrogen-bond acceptors (Lipinski definition) is 4. The zero-order valence-electron chi connectivity index (χ0n) is 10.7. The van der Waals surface area contributed by atoms with Crippen LogP contribution in [0.4, 0.5) is 0 Å². The molecule has 3 rings (SSSR count). The third-order valence-corrected chi connectivity index (χ3v) is 4.80. The molecule has 1 aliphatic carbocycles. The molecule has 5 heteroatoms. The first-order chi connectivity index (χ1) is 9.22. The van der Waals surface area contributed by atoms with Gasteiger partial charge in [0.2, 0.25) is 6.79 Å². The lowest BCUT2D eigenvalue weighted by atomic mass is 9.98. The predicted molar refractivity (Wildman–Crippen MR) is 75.4 cm³/mol. The standard InChI is InChI=1S/C14H18BrNO3/c15-11-6-13-12(18-9-19-13)5-10(11)7-16-14(8-17)3-1-2-4-14/h5-6,16-17H,1-4,7-9H2. The summed E-state index contributed by atoms with van der Waals surface area (Å²) in [5.41, 5.74) is 1.03. The van der Waals surface area contributed by atoms with Gasteiger partial charge in [0.15, 0.2) is 11.5 Å². The highest BCUT2D eigenvalue weighted by Gasteiger charge is 2.32. The molecular weight excluding hydrogens is 310 g/mol. The summed E-state index contributed by atoms with van der Waals surface area (Å²) in [6.45, 7) is 1.21. The zero-order chi connectivity index (χ0) is 13.3. The van der Waals surface area contributed by atoms with Crippen molar-refractivity contribution < 1.29 is 14.6 Å². The summed E-state index contributed by atoms with van der Waals surface area (Å²) in [5, 5.41) is 13.1. The van der Waals surface area contributed by atoms with E-state index >= 15 is 0 Å². The minimum Gasteiger partial charge on any atom is -0.454 e. The van der Waals surface area contributed by atoms with Gasteiger partial charge in [-0.2, -0.15) is 0 Å². The Hall–Kier alpha value is -0.780. The summed E-state index contributed by atoms with van der Waals surface area (Å²) in [4.78, 5) is 0. The maximum atomic E-state index is 9.60. The first kappa shape index (κ1) is 13.2. The van der Waals surface area contributed by atoms with Crippen LogP contribution in [0.2, 0.25) is 0 Å². The topological polar surface area (TPSA) is 50.7 Å². The Balaban J connectivity index is 1.73. The summed E-state index contributed by atoms with van der Waals surface area (Å²) in [7, 11) is 0. The highest BCUT2D eigenvalue weighted by molar-refractivity contribution is 9.10. The van der Waals surface area contributed by atoms with Gasteiger partial charge in [0.05, 0.1) is 6.61 Å². The summed E-state index contributed by atoms with van der Waals surface area (Å²) in [6, 6.07) is 3.94. The second-order valence-corrected chi connectivity index (χ2v) is 6.15. The Morgan fingerprint density at radius 2 is 1.89 bits per heavy atom. The van der Waals surface area contributed by atoms with E-state index in [-0.39, 0.29) is 12.1 Å². The maximum absolute atomic E-state index is 9.60. The number of rotatable bonds is 4. The maximum Gasteiger partial charge on any atom is 0.231 e. The molecule has 1 saturated carbocycles. The highest BCUT2D eigenvalue weighted by atomic mass is 79.9. The number of aliphatic hydroxyl groups excluding tert-OH is 1. The summed E-state index contributed by atoms with van der Waals surface area (Å²) >= 11 is 3.56. The van der Waals surface area contributed by atoms with Crippen LogP contribution in [0.15, 0.2) is 16.6 Å². The number of hydrogen-bond donors (Lipinski definition) is 2. The van der Waals surface area contributed by atoms with Crippen LogP contribution in [0.1, 0.15) is 31.2 Å². The van der Waals surface area contributed by atoms with Crippen molar-refractivity contribution in [2.45, 2.75) is 37.8 Å². The predicted octanol–water partition coefficient (Wildman–Crippen LogP) is 2.57. The van der Waals surface area contributed by atoms with Crippen molar-refractivity contribution in [3.63, 3.8) is 0 Å². The van der Waals surface area contributed by atoms with Crippen LogP contribution >= 0.6 is 15.9 Å². The number of aliphatic hydroxyl groups is 1. The summed E-state index contributed by atoms with van der Waals surface area (Å²) in [5.74, 6) is 1.58. The number of halogens is 1. The number of fused-ring (bicyclic) bond motifs is 1. The molecule has 0 aromatic heterocycles. The Bertz CT molecular complexity index is 472. The molecule has 2 N–H and O–H groups in total. The molecule has 1 aromatic carbocycles. The van der Waals surface area contributed by atoms with E-state index in [1.54, 1.807) is 0 Å². The van der Waals surface area contributed by atoms with E-state index in [0.29, 0.717) is 6.79 Å². The summed E-state index contributed by atoms with van der Waals surface area (Å²) in [6.07, 6.45) is 4.48. The lowest BCUT2D eigenvalue weighted by Crippen LogP contribution is -2.45. The molecule has 0 atom stereocenters. The van der Waals surface area contributed by atoms with Crippen molar-refractivity contribution in [2.75, 3.05) is 13.4 Å². The molecule has 0 unspecified atom stereocenters. The zero-order valence-corrected chi connectivity index (χ0v) is 12.3. The van der Waals surface area contributed by atoms with E-state index in [1.165, 1.54) is 12.8 Å². The van der Waals surface area contributed by atoms with Crippen molar-refractivity contribution >= 4 is 15.9 Å². The fourth-order valence-electron chi connectivity index (χ4n) is 2.82. The first-order valence-electron chi connectivity index (χ1n) is 6.66. The molecule has 0 saturated heterocycles. The fraction of sp³-hybridized carbons (Fsp3) is 0.571. The number of benzene rings is 1. The third kappa shape index (κ3) is 2.59. The van der Waals surface area contributed by atoms with Crippen molar-refractivity contribution in [1.29, 1.82) is 0 Å². The molecule has 4 nitrogen and oxygen atoms in total. The number of ether oxygens (including phenoxy) is 2. The van der Waals surface area contributed by atoms with Gasteiger partial charge in [-0.25, -0.2) is 0 Å². The van der Waals surface area contributed by atoms with Crippen LogP contribution in [-0.2, 0) is 6.54 Å². The lowest BCUT2D eigenvalue weighted by molar-refractivity contribution is 0.162. The van der Waals surface area contributed by atoms with E-state index in [0.717, 1.165) is 40.9 Å². The molecule has 19 heavy (non-hydrogen) atoms. The minimum atomic E-state index is -0.101. The monoisotopic (exact) mass is 327 g/mol. The Labute approximate surface area is 121 Å². The van der Waals surface area contributed by atoms with Crippen molar-refractivity contribution in [1.82, 2.24) is 5.32 Å². The smallest absolute Gasteiger partial charge is 0.231 e. The molecular formula is C14H18BrNO3. The number of nitrogens with one attached hydrogen (secondary N) is 1. The quantitative estimate of drug-likeness (QED) is 0.892. The van der Waals surface area contributed by atoms with E-state index in [2.05, 4.69) is 21.2 Å². The molecule has 1 aromatic rings. The van der Waals surface area contributed by atoms with Crippen LogP contribution in [0.25, 0.3) is 0 Å². The van der Waals surface area contributed by atoms with Gasteiger partial charge < -0.3 is 19.9 Å². The molecule has 1 fully saturated rings. The molecule has 2 aliphatic rings. The molecule has 1 heterocycles. The Morgan fingerprint density at radius 1 is 1.21 bits per heavy atom. The van der Waals surface area contributed by atoms with Gasteiger partial charge in [-0.15, -0.1) is 0 Å². The summed E-state index contributed by atoms with van der Waals surface area (Å²) < 4.78 is 11.7. The second kappa shape index (κ2) is 5.31. The van der Waals surface area contributed by atoms with Gasteiger partial charge in [0.1, 0.15) is 0 Å². The van der Waals surface area contributed by atoms with Gasteiger partial charge in [0, 0.05) is 16.6 Å². The third-order valence-electron chi connectivity index (χ3n) is 4.06. The van der Waals surface area contributed by atoms with E-state index < -0.39 is 0 Å².